The second-order valence-corrected chi connectivity index (χ2v) is 7.73. The van der Waals surface area contributed by atoms with Crippen molar-refractivity contribution in [3.05, 3.63) is 57.7 Å². The van der Waals surface area contributed by atoms with Crippen LogP contribution in [-0.4, -0.2) is 32.8 Å². The van der Waals surface area contributed by atoms with Crippen LogP contribution in [0.25, 0.3) is 5.95 Å². The van der Waals surface area contributed by atoms with E-state index in [1.807, 2.05) is 13.8 Å². The van der Waals surface area contributed by atoms with Crippen LogP contribution in [0.3, 0.4) is 0 Å². The zero-order valence-electron chi connectivity index (χ0n) is 15.5. The quantitative estimate of drug-likeness (QED) is 0.622. The average molecular weight is 446 g/mol. The Morgan fingerprint density at radius 2 is 2.04 bits per heavy atom. The van der Waals surface area contributed by atoms with Crippen molar-refractivity contribution in [1.82, 2.24) is 19.7 Å². The molecule has 1 aliphatic rings. The van der Waals surface area contributed by atoms with Gasteiger partial charge in [-0.25, -0.2) is 14.1 Å². The summed E-state index contributed by atoms with van der Waals surface area (Å²) >= 11 is 3.44. The lowest BCUT2D eigenvalue weighted by atomic mass is 9.88. The SMILES string of the molecule is COc1cn(-c2nc(Br)c3c(n2)NC(=O)C3(C)C)nc1Cc1ccccc1F. The van der Waals surface area contributed by atoms with Crippen LogP contribution in [0.1, 0.15) is 30.7 Å². The number of nitrogens with zero attached hydrogens (tertiary/aromatic N) is 4. The molecule has 2 aromatic heterocycles. The molecule has 7 nitrogen and oxygen atoms in total. The molecule has 4 rings (SSSR count). The number of halogens is 2. The maximum Gasteiger partial charge on any atom is 0.253 e. The van der Waals surface area contributed by atoms with E-state index >= 15 is 0 Å². The Balaban J connectivity index is 1.75. The van der Waals surface area contributed by atoms with Gasteiger partial charge in [0.1, 0.15) is 21.9 Å². The lowest BCUT2D eigenvalue weighted by molar-refractivity contribution is -0.119. The van der Waals surface area contributed by atoms with Gasteiger partial charge in [-0.1, -0.05) is 18.2 Å². The average Bonchev–Trinajstić information content (AvgIpc) is 3.15. The lowest BCUT2D eigenvalue weighted by Gasteiger charge is -2.15. The first-order valence-electron chi connectivity index (χ1n) is 8.57. The highest BCUT2D eigenvalue weighted by atomic mass is 79.9. The van der Waals surface area contributed by atoms with E-state index in [0.717, 1.165) is 0 Å². The van der Waals surface area contributed by atoms with Gasteiger partial charge in [-0.05, 0) is 41.4 Å². The Hall–Kier alpha value is -2.81. The maximum atomic E-state index is 14.0. The number of rotatable bonds is 4. The first-order chi connectivity index (χ1) is 13.3. The van der Waals surface area contributed by atoms with E-state index in [1.165, 1.54) is 17.9 Å². The molecule has 9 heteroatoms. The van der Waals surface area contributed by atoms with Crippen LogP contribution in [0.4, 0.5) is 10.2 Å². The predicted molar refractivity (Wildman–Crippen MR) is 104 cm³/mol. The summed E-state index contributed by atoms with van der Waals surface area (Å²) < 4.78 is 21.4. The van der Waals surface area contributed by atoms with Crippen molar-refractivity contribution in [2.24, 2.45) is 0 Å². The smallest absolute Gasteiger partial charge is 0.253 e. The largest absolute Gasteiger partial charge is 0.493 e. The van der Waals surface area contributed by atoms with Gasteiger partial charge in [0.25, 0.3) is 5.95 Å². The van der Waals surface area contributed by atoms with Crippen LogP contribution in [0.15, 0.2) is 35.1 Å². The van der Waals surface area contributed by atoms with Crippen molar-refractivity contribution in [1.29, 1.82) is 0 Å². The molecule has 0 saturated carbocycles. The van der Waals surface area contributed by atoms with Crippen LogP contribution in [-0.2, 0) is 16.6 Å². The molecule has 0 saturated heterocycles. The van der Waals surface area contributed by atoms with Crippen molar-refractivity contribution in [3.8, 4) is 11.7 Å². The number of carbonyl (C=O) groups is 1. The number of carbonyl (C=O) groups excluding carboxylic acids is 1. The Bertz CT molecular complexity index is 1100. The number of nitrogens with one attached hydrogen (secondary N) is 1. The fraction of sp³-hybridized carbons (Fsp3) is 0.263. The molecule has 144 valence electrons. The molecule has 1 N–H and O–H groups in total. The molecule has 1 amide bonds. The summed E-state index contributed by atoms with van der Waals surface area (Å²) in [6.45, 7) is 3.62. The molecule has 0 aliphatic carbocycles. The molecule has 1 aromatic carbocycles. The van der Waals surface area contributed by atoms with Crippen LogP contribution >= 0.6 is 15.9 Å². The third kappa shape index (κ3) is 2.95. The minimum absolute atomic E-state index is 0.145. The summed E-state index contributed by atoms with van der Waals surface area (Å²) in [5.41, 5.74) is 1.03. The number of methoxy groups -OCH3 is 1. The van der Waals surface area contributed by atoms with Gasteiger partial charge in [-0.2, -0.15) is 10.1 Å². The highest BCUT2D eigenvalue weighted by molar-refractivity contribution is 9.10. The molecule has 0 atom stereocenters. The van der Waals surface area contributed by atoms with Crippen LogP contribution in [0.5, 0.6) is 5.75 Å². The molecular formula is C19H17BrFN5O2. The Kier molecular flexibility index (Phi) is 4.41. The number of aromatic nitrogens is 4. The summed E-state index contributed by atoms with van der Waals surface area (Å²) in [6.07, 6.45) is 1.89. The first-order valence-corrected chi connectivity index (χ1v) is 9.36. The monoisotopic (exact) mass is 445 g/mol. The molecule has 3 aromatic rings. The second kappa shape index (κ2) is 6.66. The topological polar surface area (TPSA) is 81.9 Å². The van der Waals surface area contributed by atoms with Gasteiger partial charge in [-0.15, -0.1) is 0 Å². The first kappa shape index (κ1) is 18.5. The lowest BCUT2D eigenvalue weighted by Crippen LogP contribution is -2.27. The molecule has 3 heterocycles. The summed E-state index contributed by atoms with van der Waals surface area (Å²) in [4.78, 5) is 21.1. The van der Waals surface area contributed by atoms with Crippen molar-refractivity contribution in [2.75, 3.05) is 12.4 Å². The summed E-state index contributed by atoms with van der Waals surface area (Å²) in [6, 6.07) is 6.52. The number of fused-ring (bicyclic) bond motifs is 1. The Morgan fingerprint density at radius 3 is 2.75 bits per heavy atom. The summed E-state index contributed by atoms with van der Waals surface area (Å²) in [5.74, 6) is 0.750. The van der Waals surface area contributed by atoms with Gasteiger partial charge in [0, 0.05) is 12.0 Å². The van der Waals surface area contributed by atoms with Gasteiger partial charge < -0.3 is 10.1 Å². The van der Waals surface area contributed by atoms with Crippen molar-refractivity contribution in [2.45, 2.75) is 25.7 Å². The van der Waals surface area contributed by atoms with Crippen LogP contribution in [0.2, 0.25) is 0 Å². The zero-order chi connectivity index (χ0) is 20.1. The number of benzene rings is 1. The molecule has 28 heavy (non-hydrogen) atoms. The Labute approximate surface area is 169 Å². The van der Waals surface area contributed by atoms with E-state index in [-0.39, 0.29) is 24.1 Å². The van der Waals surface area contributed by atoms with Gasteiger partial charge in [0.2, 0.25) is 5.91 Å². The maximum absolute atomic E-state index is 14.0. The van der Waals surface area contributed by atoms with Crippen LogP contribution in [0, 0.1) is 5.82 Å². The highest BCUT2D eigenvalue weighted by Gasteiger charge is 2.42. The van der Waals surface area contributed by atoms with E-state index in [9.17, 15) is 9.18 Å². The number of ether oxygens (including phenoxy) is 1. The number of hydrogen-bond acceptors (Lipinski definition) is 5. The van der Waals surface area contributed by atoms with Crippen molar-refractivity contribution in [3.63, 3.8) is 0 Å². The highest BCUT2D eigenvalue weighted by Crippen LogP contribution is 2.40. The van der Waals surface area contributed by atoms with Crippen molar-refractivity contribution < 1.29 is 13.9 Å². The van der Waals surface area contributed by atoms with Gasteiger partial charge in [0.05, 0.1) is 18.7 Å². The fourth-order valence-electron chi connectivity index (χ4n) is 3.16. The summed E-state index contributed by atoms with van der Waals surface area (Å²) in [5, 5.41) is 7.26. The predicted octanol–water partition coefficient (Wildman–Crippen LogP) is 3.39. The van der Waals surface area contributed by atoms with E-state index < -0.39 is 5.41 Å². The molecule has 0 fully saturated rings. The number of amides is 1. The second-order valence-electron chi connectivity index (χ2n) is 6.97. The third-order valence-corrected chi connectivity index (χ3v) is 5.34. The van der Waals surface area contributed by atoms with Gasteiger partial charge in [0.15, 0.2) is 5.75 Å². The Morgan fingerprint density at radius 1 is 1.29 bits per heavy atom. The minimum Gasteiger partial charge on any atom is -0.493 e. The molecule has 0 bridgehead atoms. The fourth-order valence-corrected chi connectivity index (χ4v) is 4.00. The molecule has 0 spiro atoms. The molecule has 1 aliphatic heterocycles. The standard InChI is InChI=1S/C19H17BrFN5O2/c1-19(2)14-15(20)22-18(24-16(14)23-17(19)27)26-9-13(28-3)12(25-26)8-10-6-4-5-7-11(10)21/h4-7,9H,8H2,1-3H3,(H,22,23,24,27). The molecule has 0 radical (unpaired) electrons. The third-order valence-electron chi connectivity index (χ3n) is 4.77. The van der Waals surface area contributed by atoms with E-state index in [1.54, 1.807) is 24.4 Å². The van der Waals surface area contributed by atoms with Crippen LogP contribution < -0.4 is 10.1 Å². The van der Waals surface area contributed by atoms with Gasteiger partial charge >= 0.3 is 0 Å². The van der Waals surface area contributed by atoms with E-state index in [2.05, 4.69) is 36.3 Å². The number of anilines is 1. The number of hydrogen-bond donors (Lipinski definition) is 1. The minimum atomic E-state index is -0.732. The van der Waals surface area contributed by atoms with Gasteiger partial charge in [-0.3, -0.25) is 4.79 Å². The molecule has 0 unspecified atom stereocenters. The zero-order valence-corrected chi connectivity index (χ0v) is 17.0. The van der Waals surface area contributed by atoms with E-state index in [4.69, 9.17) is 4.74 Å². The van der Waals surface area contributed by atoms with E-state index in [0.29, 0.717) is 33.0 Å². The molecular weight excluding hydrogens is 429 g/mol. The summed E-state index contributed by atoms with van der Waals surface area (Å²) in [7, 11) is 1.52. The van der Waals surface area contributed by atoms with Crippen molar-refractivity contribution >= 4 is 27.7 Å². The normalized spacial score (nSPS) is 14.7.